The summed E-state index contributed by atoms with van der Waals surface area (Å²) in [5.74, 6) is 8.30. The quantitative estimate of drug-likeness (QED) is 0.316. The Labute approximate surface area is 105 Å². The lowest BCUT2D eigenvalue weighted by atomic mass is 9.75. The van der Waals surface area contributed by atoms with E-state index < -0.39 is 0 Å². The lowest BCUT2D eigenvalue weighted by Gasteiger charge is -2.42. The number of hydrogen-bond acceptors (Lipinski definition) is 2. The molecule has 98 valence electrons. The minimum Gasteiger partial charge on any atom is -0.342 e. The van der Waals surface area contributed by atoms with Crippen LogP contribution in [0.3, 0.4) is 0 Å². The second kappa shape index (κ2) is 5.71. The predicted octanol–water partition coefficient (Wildman–Crippen LogP) is 1.73. The number of nitrogens with zero attached hydrogens (tertiary/aromatic N) is 2. The van der Waals surface area contributed by atoms with Crippen molar-refractivity contribution < 1.29 is 0 Å². The molecule has 2 rings (SSSR count). The molecule has 17 heavy (non-hydrogen) atoms. The molecular formula is C13H26N4. The number of aliphatic imine (C=N–C) groups is 1. The Morgan fingerprint density at radius 1 is 1.24 bits per heavy atom. The Kier molecular flexibility index (Phi) is 4.26. The van der Waals surface area contributed by atoms with E-state index in [1.807, 2.05) is 0 Å². The second-order valence-corrected chi connectivity index (χ2v) is 5.73. The second-order valence-electron chi connectivity index (χ2n) is 5.73. The SMILES string of the molecule is CC(C)N=C(NN)N1CCC2CCCCC2C1. The van der Waals surface area contributed by atoms with Gasteiger partial charge in [0.1, 0.15) is 0 Å². The van der Waals surface area contributed by atoms with Gasteiger partial charge in [0.25, 0.3) is 0 Å². The number of nitrogens with one attached hydrogen (secondary N) is 1. The summed E-state index contributed by atoms with van der Waals surface area (Å²) in [5, 5.41) is 0. The zero-order valence-electron chi connectivity index (χ0n) is 11.2. The molecule has 0 bridgehead atoms. The molecule has 4 nitrogen and oxygen atoms in total. The van der Waals surface area contributed by atoms with Gasteiger partial charge in [-0.15, -0.1) is 0 Å². The van der Waals surface area contributed by atoms with Crippen molar-refractivity contribution in [3.63, 3.8) is 0 Å². The Morgan fingerprint density at radius 3 is 2.59 bits per heavy atom. The Bertz CT molecular complexity index is 275. The molecule has 0 amide bonds. The third-order valence-electron chi connectivity index (χ3n) is 4.10. The van der Waals surface area contributed by atoms with E-state index in [-0.39, 0.29) is 0 Å². The van der Waals surface area contributed by atoms with E-state index in [9.17, 15) is 0 Å². The number of piperidine rings is 1. The van der Waals surface area contributed by atoms with E-state index >= 15 is 0 Å². The first-order valence-electron chi connectivity index (χ1n) is 7.00. The number of hydrogen-bond donors (Lipinski definition) is 2. The van der Waals surface area contributed by atoms with Crippen LogP contribution in [0.5, 0.6) is 0 Å². The Morgan fingerprint density at radius 2 is 1.94 bits per heavy atom. The molecule has 1 heterocycles. The lowest BCUT2D eigenvalue weighted by molar-refractivity contribution is 0.127. The highest BCUT2D eigenvalue weighted by Crippen LogP contribution is 2.35. The summed E-state index contributed by atoms with van der Waals surface area (Å²) in [4.78, 5) is 6.90. The van der Waals surface area contributed by atoms with Crippen LogP contribution in [0.25, 0.3) is 0 Å². The van der Waals surface area contributed by atoms with Gasteiger partial charge in [0.15, 0.2) is 0 Å². The third-order valence-corrected chi connectivity index (χ3v) is 4.10. The summed E-state index contributed by atoms with van der Waals surface area (Å²) in [6, 6.07) is 0.296. The molecule has 0 spiro atoms. The van der Waals surface area contributed by atoms with Crippen molar-refractivity contribution in [3.8, 4) is 0 Å². The van der Waals surface area contributed by atoms with Gasteiger partial charge in [0, 0.05) is 19.1 Å². The van der Waals surface area contributed by atoms with E-state index in [4.69, 9.17) is 5.84 Å². The van der Waals surface area contributed by atoms with E-state index in [0.29, 0.717) is 6.04 Å². The molecule has 0 aromatic carbocycles. The number of nitrogens with two attached hydrogens (primary N) is 1. The highest BCUT2D eigenvalue weighted by molar-refractivity contribution is 5.79. The van der Waals surface area contributed by atoms with Crippen molar-refractivity contribution in [2.45, 2.75) is 52.0 Å². The normalized spacial score (nSPS) is 30.4. The fourth-order valence-electron chi connectivity index (χ4n) is 3.25. The maximum Gasteiger partial charge on any atom is 0.208 e. The van der Waals surface area contributed by atoms with E-state index in [2.05, 4.69) is 29.2 Å². The molecule has 0 aromatic rings. The Balaban J connectivity index is 1.98. The zero-order chi connectivity index (χ0) is 12.3. The minimum absolute atomic E-state index is 0.296. The van der Waals surface area contributed by atoms with E-state index in [1.54, 1.807) is 0 Å². The number of hydrazine groups is 1. The first kappa shape index (κ1) is 12.7. The average molecular weight is 238 g/mol. The fourth-order valence-corrected chi connectivity index (χ4v) is 3.25. The van der Waals surface area contributed by atoms with Crippen molar-refractivity contribution in [1.29, 1.82) is 0 Å². The van der Waals surface area contributed by atoms with E-state index in [1.165, 1.54) is 32.1 Å². The van der Waals surface area contributed by atoms with Gasteiger partial charge in [0.05, 0.1) is 0 Å². The first-order valence-corrected chi connectivity index (χ1v) is 7.00. The van der Waals surface area contributed by atoms with Gasteiger partial charge in [-0.25, -0.2) is 10.8 Å². The fraction of sp³-hybridized carbons (Fsp3) is 0.923. The van der Waals surface area contributed by atoms with Crippen molar-refractivity contribution in [3.05, 3.63) is 0 Å². The van der Waals surface area contributed by atoms with Crippen LogP contribution in [-0.2, 0) is 0 Å². The third kappa shape index (κ3) is 3.12. The molecular weight excluding hydrogens is 212 g/mol. The summed E-state index contributed by atoms with van der Waals surface area (Å²) in [5.41, 5.74) is 2.77. The molecule has 2 fully saturated rings. The maximum absolute atomic E-state index is 5.60. The molecule has 1 aliphatic heterocycles. The van der Waals surface area contributed by atoms with Gasteiger partial charge in [0.2, 0.25) is 5.96 Å². The molecule has 2 unspecified atom stereocenters. The number of likely N-dealkylation sites (tertiary alicyclic amines) is 1. The average Bonchev–Trinajstić information content (AvgIpc) is 2.35. The maximum atomic E-state index is 5.60. The van der Waals surface area contributed by atoms with Crippen molar-refractivity contribution in [2.75, 3.05) is 13.1 Å². The highest BCUT2D eigenvalue weighted by atomic mass is 15.4. The summed E-state index contributed by atoms with van der Waals surface area (Å²) in [6.45, 7) is 6.42. The number of fused-ring (bicyclic) bond motifs is 1. The van der Waals surface area contributed by atoms with Crippen LogP contribution in [0.15, 0.2) is 4.99 Å². The van der Waals surface area contributed by atoms with Crippen LogP contribution in [0.2, 0.25) is 0 Å². The predicted molar refractivity (Wildman–Crippen MR) is 71.5 cm³/mol. The highest BCUT2D eigenvalue weighted by Gasteiger charge is 2.32. The molecule has 0 aromatic heterocycles. The van der Waals surface area contributed by atoms with Crippen molar-refractivity contribution in [1.82, 2.24) is 10.3 Å². The van der Waals surface area contributed by atoms with Crippen LogP contribution in [0, 0.1) is 11.8 Å². The van der Waals surface area contributed by atoms with Gasteiger partial charge in [-0.05, 0) is 38.5 Å². The molecule has 4 heteroatoms. The van der Waals surface area contributed by atoms with Crippen molar-refractivity contribution in [2.24, 2.45) is 22.7 Å². The van der Waals surface area contributed by atoms with Gasteiger partial charge in [-0.2, -0.15) is 0 Å². The van der Waals surface area contributed by atoms with E-state index in [0.717, 1.165) is 30.9 Å². The molecule has 1 saturated carbocycles. The minimum atomic E-state index is 0.296. The van der Waals surface area contributed by atoms with Crippen molar-refractivity contribution >= 4 is 5.96 Å². The summed E-state index contributed by atoms with van der Waals surface area (Å²) in [6.07, 6.45) is 6.97. The van der Waals surface area contributed by atoms with Crippen LogP contribution >= 0.6 is 0 Å². The monoisotopic (exact) mass is 238 g/mol. The molecule has 0 radical (unpaired) electrons. The molecule has 3 N–H and O–H groups in total. The largest absolute Gasteiger partial charge is 0.342 e. The zero-order valence-corrected chi connectivity index (χ0v) is 11.2. The Hall–Kier alpha value is -0.770. The number of guanidine groups is 1. The summed E-state index contributed by atoms with van der Waals surface area (Å²) >= 11 is 0. The summed E-state index contributed by atoms with van der Waals surface area (Å²) in [7, 11) is 0. The molecule has 1 saturated heterocycles. The van der Waals surface area contributed by atoms with Gasteiger partial charge in [-0.3, -0.25) is 5.43 Å². The lowest BCUT2D eigenvalue weighted by Crippen LogP contribution is -2.51. The molecule has 2 aliphatic rings. The van der Waals surface area contributed by atoms with Crippen LogP contribution in [0.4, 0.5) is 0 Å². The van der Waals surface area contributed by atoms with Gasteiger partial charge in [-0.1, -0.05) is 19.3 Å². The van der Waals surface area contributed by atoms with Gasteiger partial charge >= 0.3 is 0 Å². The van der Waals surface area contributed by atoms with Crippen LogP contribution in [-0.4, -0.2) is 30.0 Å². The smallest absolute Gasteiger partial charge is 0.208 e. The first-order chi connectivity index (χ1) is 8.20. The van der Waals surface area contributed by atoms with Crippen LogP contribution < -0.4 is 11.3 Å². The van der Waals surface area contributed by atoms with Gasteiger partial charge < -0.3 is 4.90 Å². The summed E-state index contributed by atoms with van der Waals surface area (Å²) < 4.78 is 0. The standard InChI is InChI=1S/C13H26N4/c1-10(2)15-13(16-14)17-8-7-11-5-3-4-6-12(11)9-17/h10-12H,3-9,14H2,1-2H3,(H,15,16). The molecule has 2 atom stereocenters. The molecule has 1 aliphatic carbocycles. The van der Waals surface area contributed by atoms with Crippen LogP contribution in [0.1, 0.15) is 46.0 Å². The topological polar surface area (TPSA) is 53.6 Å². The number of rotatable bonds is 1.